The third kappa shape index (κ3) is 3.66. The predicted octanol–water partition coefficient (Wildman–Crippen LogP) is 0.378. The van der Waals surface area contributed by atoms with E-state index in [0.29, 0.717) is 26.4 Å². The summed E-state index contributed by atoms with van der Waals surface area (Å²) in [6.45, 7) is 10.7. The first kappa shape index (κ1) is 14.4. The van der Waals surface area contributed by atoms with E-state index < -0.39 is 5.54 Å². The average Bonchev–Trinajstić information content (AvgIpc) is 2.21. The molecule has 1 atom stereocenters. The maximum Gasteiger partial charge on any atom is 0.327 e. The van der Waals surface area contributed by atoms with Crippen LogP contribution in [0.15, 0.2) is 0 Å². The molecular weight excluding hydrogens is 220 g/mol. The van der Waals surface area contributed by atoms with Gasteiger partial charge in [0.15, 0.2) is 0 Å². The first-order chi connectivity index (χ1) is 7.79. The molecule has 1 aliphatic rings. The van der Waals surface area contributed by atoms with Gasteiger partial charge in [-0.3, -0.25) is 9.69 Å². The number of hydrogen-bond donors (Lipinski definition) is 1. The minimum absolute atomic E-state index is 0.0919. The van der Waals surface area contributed by atoms with Crippen molar-refractivity contribution in [1.82, 2.24) is 4.90 Å². The van der Waals surface area contributed by atoms with Crippen molar-refractivity contribution in [2.45, 2.75) is 38.8 Å². The molecule has 0 saturated carbocycles. The van der Waals surface area contributed by atoms with Gasteiger partial charge in [0.1, 0.15) is 5.54 Å². The molecule has 0 amide bonds. The van der Waals surface area contributed by atoms with Gasteiger partial charge >= 0.3 is 5.97 Å². The summed E-state index contributed by atoms with van der Waals surface area (Å²) >= 11 is 0. The fourth-order valence-electron chi connectivity index (χ4n) is 1.94. The molecule has 5 heteroatoms. The zero-order chi connectivity index (χ0) is 13.1. The molecule has 1 aliphatic heterocycles. The Bertz CT molecular complexity index is 277. The van der Waals surface area contributed by atoms with Crippen molar-refractivity contribution in [2.75, 3.05) is 32.9 Å². The fraction of sp³-hybridized carbons (Fsp3) is 0.917. The van der Waals surface area contributed by atoms with Crippen LogP contribution in [-0.4, -0.2) is 54.9 Å². The molecule has 2 N–H and O–H groups in total. The molecule has 0 aromatic heterocycles. The van der Waals surface area contributed by atoms with E-state index in [1.807, 2.05) is 0 Å². The Balaban J connectivity index is 2.65. The maximum absolute atomic E-state index is 11.7. The van der Waals surface area contributed by atoms with Gasteiger partial charge in [0, 0.05) is 18.6 Å². The van der Waals surface area contributed by atoms with Gasteiger partial charge in [-0.05, 0) is 27.7 Å². The third-order valence-corrected chi connectivity index (χ3v) is 3.08. The van der Waals surface area contributed by atoms with Gasteiger partial charge in [-0.15, -0.1) is 0 Å². The van der Waals surface area contributed by atoms with Crippen LogP contribution in [0, 0.1) is 0 Å². The number of nitrogens with two attached hydrogens (primary N) is 1. The smallest absolute Gasteiger partial charge is 0.327 e. The second-order valence-corrected chi connectivity index (χ2v) is 5.42. The topological polar surface area (TPSA) is 64.8 Å². The first-order valence-corrected chi connectivity index (χ1v) is 6.08. The minimum atomic E-state index is -0.968. The van der Waals surface area contributed by atoms with E-state index in [0.717, 1.165) is 6.54 Å². The summed E-state index contributed by atoms with van der Waals surface area (Å²) in [4.78, 5) is 13.9. The highest BCUT2D eigenvalue weighted by Gasteiger charge is 2.38. The summed E-state index contributed by atoms with van der Waals surface area (Å²) in [6.07, 6.45) is 0. The van der Waals surface area contributed by atoms with Gasteiger partial charge < -0.3 is 15.2 Å². The molecule has 1 fully saturated rings. The fourth-order valence-corrected chi connectivity index (χ4v) is 1.94. The van der Waals surface area contributed by atoms with Crippen molar-refractivity contribution in [3.05, 3.63) is 0 Å². The molecule has 0 aromatic carbocycles. The van der Waals surface area contributed by atoms with Crippen LogP contribution < -0.4 is 5.73 Å². The van der Waals surface area contributed by atoms with Crippen LogP contribution in [0.4, 0.5) is 0 Å². The molecule has 1 rings (SSSR count). The van der Waals surface area contributed by atoms with Gasteiger partial charge in [-0.2, -0.15) is 0 Å². The normalized spacial score (nSPS) is 24.1. The summed E-state index contributed by atoms with van der Waals surface area (Å²) in [7, 11) is 0. The number of rotatable bonds is 4. The van der Waals surface area contributed by atoms with E-state index in [2.05, 4.69) is 18.7 Å². The zero-order valence-corrected chi connectivity index (χ0v) is 11.3. The van der Waals surface area contributed by atoms with E-state index in [4.69, 9.17) is 15.2 Å². The molecule has 17 heavy (non-hydrogen) atoms. The molecule has 0 bridgehead atoms. The molecular formula is C12H24N2O3. The Morgan fingerprint density at radius 2 is 2.24 bits per heavy atom. The van der Waals surface area contributed by atoms with Gasteiger partial charge in [0.25, 0.3) is 0 Å². The molecule has 5 nitrogen and oxygen atoms in total. The molecule has 0 aliphatic carbocycles. The van der Waals surface area contributed by atoms with E-state index in [1.54, 1.807) is 13.8 Å². The van der Waals surface area contributed by atoms with Crippen molar-refractivity contribution in [2.24, 2.45) is 5.73 Å². The molecule has 0 aromatic rings. The highest BCUT2D eigenvalue weighted by atomic mass is 16.5. The highest BCUT2D eigenvalue weighted by Crippen LogP contribution is 2.21. The van der Waals surface area contributed by atoms with E-state index in [9.17, 15) is 4.79 Å². The van der Waals surface area contributed by atoms with Crippen molar-refractivity contribution in [1.29, 1.82) is 0 Å². The number of hydrogen-bond acceptors (Lipinski definition) is 5. The maximum atomic E-state index is 11.7. The highest BCUT2D eigenvalue weighted by molar-refractivity contribution is 5.80. The Hall–Kier alpha value is -0.650. The van der Waals surface area contributed by atoms with Crippen molar-refractivity contribution >= 4 is 5.97 Å². The lowest BCUT2D eigenvalue weighted by Gasteiger charge is -2.44. The van der Waals surface area contributed by atoms with Crippen LogP contribution in [0.1, 0.15) is 27.7 Å². The van der Waals surface area contributed by atoms with Crippen LogP contribution >= 0.6 is 0 Å². The lowest BCUT2D eigenvalue weighted by atomic mass is 9.96. The lowest BCUT2D eigenvalue weighted by molar-refractivity contribution is -0.151. The lowest BCUT2D eigenvalue weighted by Crippen LogP contribution is -2.62. The Morgan fingerprint density at radius 1 is 1.59 bits per heavy atom. The van der Waals surface area contributed by atoms with Crippen LogP contribution in [0.25, 0.3) is 0 Å². The van der Waals surface area contributed by atoms with Gasteiger partial charge in [0.2, 0.25) is 0 Å². The number of morpholine rings is 1. The van der Waals surface area contributed by atoms with Crippen LogP contribution in [0.2, 0.25) is 0 Å². The zero-order valence-electron chi connectivity index (χ0n) is 11.3. The third-order valence-electron chi connectivity index (χ3n) is 3.08. The molecule has 1 unspecified atom stereocenters. The van der Waals surface area contributed by atoms with Gasteiger partial charge in [-0.1, -0.05) is 0 Å². The van der Waals surface area contributed by atoms with Crippen molar-refractivity contribution < 1.29 is 14.3 Å². The number of nitrogens with zero attached hydrogens (tertiary/aromatic N) is 1. The summed E-state index contributed by atoms with van der Waals surface area (Å²) in [5, 5.41) is 0. The Morgan fingerprint density at radius 3 is 2.76 bits per heavy atom. The van der Waals surface area contributed by atoms with E-state index in [-0.39, 0.29) is 11.5 Å². The van der Waals surface area contributed by atoms with Crippen LogP contribution in [0.3, 0.4) is 0 Å². The van der Waals surface area contributed by atoms with Crippen LogP contribution in [-0.2, 0) is 14.3 Å². The molecule has 0 spiro atoms. The van der Waals surface area contributed by atoms with E-state index in [1.165, 1.54) is 0 Å². The second kappa shape index (κ2) is 5.33. The molecule has 100 valence electrons. The quantitative estimate of drug-likeness (QED) is 0.724. The molecule has 1 saturated heterocycles. The summed E-state index contributed by atoms with van der Waals surface area (Å²) < 4.78 is 10.4. The number of esters is 1. The first-order valence-electron chi connectivity index (χ1n) is 6.08. The SMILES string of the molecule is CCOC(=O)C(C)(N)CN1CCOCC1(C)C. The number of carbonyl (C=O) groups excluding carboxylic acids is 1. The van der Waals surface area contributed by atoms with Crippen molar-refractivity contribution in [3.63, 3.8) is 0 Å². The summed E-state index contributed by atoms with van der Waals surface area (Å²) in [5.41, 5.74) is 4.98. The molecule has 0 radical (unpaired) electrons. The second-order valence-electron chi connectivity index (χ2n) is 5.42. The number of ether oxygens (including phenoxy) is 2. The predicted molar refractivity (Wildman–Crippen MR) is 65.7 cm³/mol. The minimum Gasteiger partial charge on any atom is -0.465 e. The van der Waals surface area contributed by atoms with Crippen LogP contribution in [0.5, 0.6) is 0 Å². The summed E-state index contributed by atoms with van der Waals surface area (Å²) in [5.74, 6) is -0.345. The summed E-state index contributed by atoms with van der Waals surface area (Å²) in [6, 6.07) is 0. The van der Waals surface area contributed by atoms with Gasteiger partial charge in [0.05, 0.1) is 19.8 Å². The Labute approximate surface area is 103 Å². The average molecular weight is 244 g/mol. The molecule has 1 heterocycles. The van der Waals surface area contributed by atoms with Crippen molar-refractivity contribution in [3.8, 4) is 0 Å². The standard InChI is InChI=1S/C12H24N2O3/c1-5-17-10(15)12(4,13)8-14-6-7-16-9-11(14,2)3/h5-9,13H2,1-4H3. The largest absolute Gasteiger partial charge is 0.465 e. The monoisotopic (exact) mass is 244 g/mol. The van der Waals surface area contributed by atoms with E-state index >= 15 is 0 Å². The number of carbonyl (C=O) groups is 1. The van der Waals surface area contributed by atoms with Gasteiger partial charge in [-0.25, -0.2) is 0 Å². The Kier molecular flexibility index (Phi) is 4.52.